The molecular formula is C9H9ClN4O2S. The van der Waals surface area contributed by atoms with Crippen LogP contribution >= 0.6 is 22.9 Å². The van der Waals surface area contributed by atoms with Gasteiger partial charge < -0.3 is 4.57 Å². The highest BCUT2D eigenvalue weighted by molar-refractivity contribution is 7.15. The van der Waals surface area contributed by atoms with Crippen molar-refractivity contribution < 1.29 is 0 Å². The minimum absolute atomic E-state index is 0.100. The summed E-state index contributed by atoms with van der Waals surface area (Å²) in [5.41, 5.74) is -0.711. The Morgan fingerprint density at radius 2 is 2.18 bits per heavy atom. The quantitative estimate of drug-likeness (QED) is 0.820. The summed E-state index contributed by atoms with van der Waals surface area (Å²) in [7, 11) is 0. The zero-order chi connectivity index (χ0) is 12.4. The normalized spacial score (nSPS) is 10.7. The summed E-state index contributed by atoms with van der Waals surface area (Å²) in [5.74, 6) is 0. The van der Waals surface area contributed by atoms with E-state index in [1.54, 1.807) is 0 Å². The van der Waals surface area contributed by atoms with Crippen LogP contribution in [-0.4, -0.2) is 19.3 Å². The van der Waals surface area contributed by atoms with Crippen molar-refractivity contribution in [2.24, 2.45) is 0 Å². The monoisotopic (exact) mass is 272 g/mol. The molecule has 8 heteroatoms. The Morgan fingerprint density at radius 1 is 1.41 bits per heavy atom. The number of nitrogens with zero attached hydrogens (tertiary/aromatic N) is 4. The molecule has 0 bridgehead atoms. The second-order valence-corrected chi connectivity index (χ2v) is 4.90. The number of aromatic nitrogens is 4. The van der Waals surface area contributed by atoms with Gasteiger partial charge in [0.05, 0.1) is 6.54 Å². The fourth-order valence-corrected chi connectivity index (χ4v) is 2.23. The van der Waals surface area contributed by atoms with E-state index in [2.05, 4.69) is 10.2 Å². The molecule has 2 rings (SSSR count). The van der Waals surface area contributed by atoms with Crippen LogP contribution in [0.15, 0.2) is 21.9 Å². The van der Waals surface area contributed by atoms with Crippen LogP contribution in [0.3, 0.4) is 0 Å². The number of hydrogen-bond acceptors (Lipinski definition) is 5. The van der Waals surface area contributed by atoms with Gasteiger partial charge in [0.25, 0.3) is 5.56 Å². The van der Waals surface area contributed by atoms with E-state index in [0.717, 1.165) is 15.9 Å². The number of rotatable bonds is 3. The Balaban J connectivity index is 2.45. The molecule has 0 aliphatic rings. The van der Waals surface area contributed by atoms with Crippen LogP contribution in [0.25, 0.3) is 0 Å². The number of halogens is 1. The first kappa shape index (κ1) is 12.0. The fraction of sp³-hybridized carbons (Fsp3) is 0.333. The lowest BCUT2D eigenvalue weighted by Gasteiger charge is -2.05. The van der Waals surface area contributed by atoms with Crippen molar-refractivity contribution in [2.45, 2.75) is 20.0 Å². The Labute approximate surface area is 105 Å². The number of aryl methyl sites for hydroxylation is 1. The van der Waals surface area contributed by atoms with E-state index < -0.39 is 0 Å². The first-order valence-corrected chi connectivity index (χ1v) is 6.09. The van der Waals surface area contributed by atoms with Crippen molar-refractivity contribution in [3.63, 3.8) is 0 Å². The van der Waals surface area contributed by atoms with Crippen LogP contribution in [0.1, 0.15) is 11.9 Å². The Morgan fingerprint density at radius 3 is 2.76 bits per heavy atom. The molecule has 0 atom stereocenters. The predicted octanol–water partition coefficient (Wildman–Crippen LogP) is 0.583. The standard InChI is InChI=1S/C9H9ClN4O2S/c1-2-13-4-3-7(15)14(9(13)16)5-6-11-12-8(10)17-6/h3-4H,2,5H2,1H3. The molecule has 0 amide bonds. The van der Waals surface area contributed by atoms with Gasteiger partial charge in [-0.15, -0.1) is 10.2 Å². The van der Waals surface area contributed by atoms with Gasteiger partial charge in [-0.1, -0.05) is 11.3 Å². The summed E-state index contributed by atoms with van der Waals surface area (Å²) in [6.07, 6.45) is 1.48. The van der Waals surface area contributed by atoms with Gasteiger partial charge in [0.1, 0.15) is 5.01 Å². The van der Waals surface area contributed by atoms with Crippen molar-refractivity contribution in [2.75, 3.05) is 0 Å². The molecule has 0 unspecified atom stereocenters. The lowest BCUT2D eigenvalue weighted by atomic mass is 10.5. The minimum Gasteiger partial charge on any atom is -0.301 e. The van der Waals surface area contributed by atoms with E-state index in [4.69, 9.17) is 11.6 Å². The molecule has 90 valence electrons. The smallest absolute Gasteiger partial charge is 0.301 e. The van der Waals surface area contributed by atoms with E-state index in [1.165, 1.54) is 16.8 Å². The molecule has 0 spiro atoms. The largest absolute Gasteiger partial charge is 0.331 e. The van der Waals surface area contributed by atoms with E-state index in [9.17, 15) is 9.59 Å². The van der Waals surface area contributed by atoms with Gasteiger partial charge in [0.15, 0.2) is 0 Å². The molecule has 0 N–H and O–H groups in total. The molecule has 0 fully saturated rings. The predicted molar refractivity (Wildman–Crippen MR) is 64.7 cm³/mol. The van der Waals surface area contributed by atoms with E-state index in [0.29, 0.717) is 16.0 Å². The van der Waals surface area contributed by atoms with Crippen molar-refractivity contribution in [3.8, 4) is 0 Å². The van der Waals surface area contributed by atoms with Gasteiger partial charge in [-0.2, -0.15) is 0 Å². The van der Waals surface area contributed by atoms with Gasteiger partial charge in [-0.3, -0.25) is 9.36 Å². The van der Waals surface area contributed by atoms with Crippen LogP contribution in [0.4, 0.5) is 0 Å². The van der Waals surface area contributed by atoms with E-state index in [-0.39, 0.29) is 17.8 Å². The second-order valence-electron chi connectivity index (χ2n) is 3.26. The highest BCUT2D eigenvalue weighted by atomic mass is 35.5. The van der Waals surface area contributed by atoms with Gasteiger partial charge in [0, 0.05) is 18.8 Å². The molecule has 0 aliphatic heterocycles. The van der Waals surface area contributed by atoms with Crippen molar-refractivity contribution >= 4 is 22.9 Å². The maximum atomic E-state index is 11.9. The lowest BCUT2D eigenvalue weighted by Crippen LogP contribution is -2.38. The summed E-state index contributed by atoms with van der Waals surface area (Å²) in [5, 5.41) is 7.93. The molecule has 2 aromatic heterocycles. The van der Waals surface area contributed by atoms with Gasteiger partial charge in [-0.05, 0) is 18.5 Å². The summed E-state index contributed by atoms with van der Waals surface area (Å²) in [6, 6.07) is 1.35. The molecule has 2 heterocycles. The maximum Gasteiger partial charge on any atom is 0.331 e. The van der Waals surface area contributed by atoms with Crippen LogP contribution in [0.2, 0.25) is 4.47 Å². The van der Waals surface area contributed by atoms with Crippen LogP contribution in [0, 0.1) is 0 Å². The average Bonchev–Trinajstić information content (AvgIpc) is 2.70. The summed E-state index contributed by atoms with van der Waals surface area (Å²) in [4.78, 5) is 23.5. The first-order chi connectivity index (χ1) is 8.11. The topological polar surface area (TPSA) is 69.8 Å². The second kappa shape index (κ2) is 4.80. The van der Waals surface area contributed by atoms with Crippen molar-refractivity contribution in [1.29, 1.82) is 0 Å². The Bertz CT molecular complexity index is 645. The third kappa shape index (κ3) is 2.45. The highest BCUT2D eigenvalue weighted by Crippen LogP contribution is 2.14. The molecule has 0 saturated heterocycles. The average molecular weight is 273 g/mol. The highest BCUT2D eigenvalue weighted by Gasteiger charge is 2.08. The summed E-state index contributed by atoms with van der Waals surface area (Å²) < 4.78 is 2.85. The van der Waals surface area contributed by atoms with Gasteiger partial charge in [-0.25, -0.2) is 4.79 Å². The first-order valence-electron chi connectivity index (χ1n) is 4.90. The zero-order valence-corrected chi connectivity index (χ0v) is 10.5. The van der Waals surface area contributed by atoms with Gasteiger partial charge in [0.2, 0.25) is 4.47 Å². The molecule has 17 heavy (non-hydrogen) atoms. The van der Waals surface area contributed by atoms with Crippen LogP contribution < -0.4 is 11.2 Å². The zero-order valence-electron chi connectivity index (χ0n) is 8.96. The third-order valence-electron chi connectivity index (χ3n) is 2.22. The van der Waals surface area contributed by atoms with E-state index >= 15 is 0 Å². The maximum absolute atomic E-state index is 11.9. The Kier molecular flexibility index (Phi) is 3.39. The molecule has 0 aliphatic carbocycles. The van der Waals surface area contributed by atoms with Crippen molar-refractivity contribution in [3.05, 3.63) is 42.6 Å². The molecule has 6 nitrogen and oxygen atoms in total. The third-order valence-corrected chi connectivity index (χ3v) is 3.22. The molecule has 0 saturated carbocycles. The molecular weight excluding hydrogens is 264 g/mol. The lowest BCUT2D eigenvalue weighted by molar-refractivity contribution is 0.597. The SMILES string of the molecule is CCn1ccc(=O)n(Cc2nnc(Cl)s2)c1=O. The summed E-state index contributed by atoms with van der Waals surface area (Å²) >= 11 is 6.79. The van der Waals surface area contributed by atoms with Gasteiger partial charge >= 0.3 is 5.69 Å². The van der Waals surface area contributed by atoms with Crippen LogP contribution in [0.5, 0.6) is 0 Å². The van der Waals surface area contributed by atoms with Crippen LogP contribution in [-0.2, 0) is 13.1 Å². The number of hydrogen-bond donors (Lipinski definition) is 0. The van der Waals surface area contributed by atoms with E-state index in [1.807, 2.05) is 6.92 Å². The fourth-order valence-electron chi connectivity index (χ4n) is 1.38. The summed E-state index contributed by atoms with van der Waals surface area (Å²) in [6.45, 7) is 2.44. The molecule has 0 radical (unpaired) electrons. The molecule has 2 aromatic rings. The Hall–Kier alpha value is -1.47. The van der Waals surface area contributed by atoms with Crippen molar-refractivity contribution in [1.82, 2.24) is 19.3 Å². The minimum atomic E-state index is -0.356. The molecule has 0 aromatic carbocycles.